The van der Waals surface area contributed by atoms with Crippen molar-refractivity contribution in [1.29, 1.82) is 0 Å². The van der Waals surface area contributed by atoms with Gasteiger partial charge in [-0.1, -0.05) is 17.4 Å². The summed E-state index contributed by atoms with van der Waals surface area (Å²) in [5, 5.41) is 5.27. The van der Waals surface area contributed by atoms with E-state index in [4.69, 9.17) is 9.47 Å². The fourth-order valence-electron chi connectivity index (χ4n) is 3.02. The van der Waals surface area contributed by atoms with Crippen LogP contribution in [0.4, 0.5) is 20.6 Å². The van der Waals surface area contributed by atoms with Crippen LogP contribution >= 0.6 is 11.3 Å². The summed E-state index contributed by atoms with van der Waals surface area (Å²) in [4.78, 5) is 37.3. The maximum Gasteiger partial charge on any atom is 0.411 e. The predicted octanol–water partition coefficient (Wildman–Crippen LogP) is 3.86. The van der Waals surface area contributed by atoms with Gasteiger partial charge in [0.2, 0.25) is 5.91 Å². The highest BCUT2D eigenvalue weighted by Gasteiger charge is 2.17. The predicted molar refractivity (Wildman–Crippen MR) is 121 cm³/mol. The van der Waals surface area contributed by atoms with Crippen LogP contribution in [0, 0.1) is 12.7 Å². The Bertz CT molecular complexity index is 1160. The molecule has 0 aliphatic rings. The van der Waals surface area contributed by atoms with Gasteiger partial charge in [0.25, 0.3) is 0 Å². The highest BCUT2D eigenvalue weighted by Crippen LogP contribution is 2.25. The molecule has 2 aromatic carbocycles. The first-order valence-electron chi connectivity index (χ1n) is 9.66. The van der Waals surface area contributed by atoms with Gasteiger partial charge in [0.15, 0.2) is 0 Å². The fraction of sp³-hybridized carbons (Fsp3) is 0.227. The number of aryl methyl sites for hydroxylation is 1. The van der Waals surface area contributed by atoms with Crippen molar-refractivity contribution >= 4 is 34.7 Å². The number of hydrogen-bond acceptors (Lipinski definition) is 6. The summed E-state index contributed by atoms with van der Waals surface area (Å²) in [6, 6.07) is 12.3. The number of carbonyl (C=O) groups is 2. The summed E-state index contributed by atoms with van der Waals surface area (Å²) in [6.45, 7) is 1.96. The molecule has 2 N–H and O–H groups in total. The Balaban J connectivity index is 1.70. The monoisotopic (exact) mass is 459 g/mol. The minimum Gasteiger partial charge on any atom is -0.447 e. The molecule has 3 rings (SSSR count). The average molecular weight is 459 g/mol. The smallest absolute Gasteiger partial charge is 0.411 e. The molecule has 0 spiro atoms. The first kappa shape index (κ1) is 23.2. The zero-order chi connectivity index (χ0) is 23.1. The van der Waals surface area contributed by atoms with Crippen molar-refractivity contribution in [2.24, 2.45) is 0 Å². The molecular weight excluding hydrogens is 437 g/mol. The van der Waals surface area contributed by atoms with E-state index in [0.717, 1.165) is 16.2 Å². The third-order valence-electron chi connectivity index (χ3n) is 4.40. The lowest BCUT2D eigenvalue weighted by molar-refractivity contribution is -0.116. The van der Waals surface area contributed by atoms with Crippen molar-refractivity contribution in [2.45, 2.75) is 13.5 Å². The molecule has 32 heavy (non-hydrogen) atoms. The number of hydrogen-bond donors (Lipinski definition) is 2. The largest absolute Gasteiger partial charge is 0.447 e. The summed E-state index contributed by atoms with van der Waals surface area (Å²) >= 11 is 1.02. The van der Waals surface area contributed by atoms with E-state index in [2.05, 4.69) is 10.6 Å². The highest BCUT2D eigenvalue weighted by atomic mass is 32.1. The van der Waals surface area contributed by atoms with Gasteiger partial charge in [0.05, 0.1) is 12.3 Å². The number of amides is 2. The molecule has 0 saturated carbocycles. The third kappa shape index (κ3) is 6.02. The molecular formula is C22H22FN3O5S. The molecule has 10 heteroatoms. The molecule has 0 fully saturated rings. The minimum atomic E-state index is -0.644. The van der Waals surface area contributed by atoms with E-state index >= 15 is 0 Å². The number of halogens is 1. The lowest BCUT2D eigenvalue weighted by atomic mass is 10.1. The van der Waals surface area contributed by atoms with Crippen LogP contribution < -0.4 is 15.5 Å². The SMILES string of the molecule is COCCOC(=O)Nc1cccc(NC(=O)Cn2c(-c3ccc(F)cc3)c(C)sc2=O)c1. The Labute approximate surface area is 187 Å². The van der Waals surface area contributed by atoms with E-state index in [-0.39, 0.29) is 30.4 Å². The van der Waals surface area contributed by atoms with Crippen LogP contribution in [0.5, 0.6) is 0 Å². The average Bonchev–Trinajstić information content (AvgIpc) is 3.02. The molecule has 1 aromatic heterocycles. The molecule has 1 heterocycles. The van der Waals surface area contributed by atoms with Crippen LogP contribution in [-0.2, 0) is 20.8 Å². The number of benzene rings is 2. The number of methoxy groups -OCH3 is 1. The molecule has 0 unspecified atom stereocenters. The number of nitrogens with zero attached hydrogens (tertiary/aromatic N) is 1. The Morgan fingerprint density at radius 2 is 1.75 bits per heavy atom. The van der Waals surface area contributed by atoms with Crippen molar-refractivity contribution in [2.75, 3.05) is 31.0 Å². The second kappa shape index (κ2) is 10.7. The fourth-order valence-corrected chi connectivity index (χ4v) is 3.87. The van der Waals surface area contributed by atoms with Crippen LogP contribution in [0.2, 0.25) is 0 Å². The van der Waals surface area contributed by atoms with E-state index in [1.165, 1.54) is 23.8 Å². The maximum absolute atomic E-state index is 13.3. The van der Waals surface area contributed by atoms with E-state index in [9.17, 15) is 18.8 Å². The van der Waals surface area contributed by atoms with Crippen molar-refractivity contribution in [3.05, 3.63) is 68.9 Å². The number of anilines is 2. The van der Waals surface area contributed by atoms with Crippen LogP contribution in [0.25, 0.3) is 11.3 Å². The molecule has 168 valence electrons. The number of aromatic nitrogens is 1. The summed E-state index contributed by atoms with van der Waals surface area (Å²) in [6.07, 6.45) is -0.644. The molecule has 0 saturated heterocycles. The van der Waals surface area contributed by atoms with E-state index in [1.807, 2.05) is 0 Å². The Morgan fingerprint density at radius 3 is 2.44 bits per heavy atom. The van der Waals surface area contributed by atoms with Crippen LogP contribution in [-0.4, -0.2) is 36.9 Å². The van der Waals surface area contributed by atoms with Gasteiger partial charge in [0, 0.05) is 23.4 Å². The second-order valence-electron chi connectivity index (χ2n) is 6.75. The zero-order valence-corrected chi connectivity index (χ0v) is 18.3. The van der Waals surface area contributed by atoms with Crippen LogP contribution in [0.15, 0.2) is 53.3 Å². The minimum absolute atomic E-state index is 0.115. The van der Waals surface area contributed by atoms with Crippen molar-refractivity contribution < 1.29 is 23.5 Å². The highest BCUT2D eigenvalue weighted by molar-refractivity contribution is 7.09. The van der Waals surface area contributed by atoms with Crippen LogP contribution in [0.1, 0.15) is 4.88 Å². The molecule has 0 bridgehead atoms. The molecule has 0 aliphatic heterocycles. The number of thiazole rings is 1. The molecule has 3 aromatic rings. The Morgan fingerprint density at radius 1 is 1.06 bits per heavy atom. The topological polar surface area (TPSA) is 98.7 Å². The summed E-state index contributed by atoms with van der Waals surface area (Å²) < 4.78 is 24.4. The number of ether oxygens (including phenoxy) is 2. The molecule has 0 aliphatic carbocycles. The van der Waals surface area contributed by atoms with E-state index in [1.54, 1.807) is 43.3 Å². The molecule has 8 nitrogen and oxygen atoms in total. The van der Waals surface area contributed by atoms with Gasteiger partial charge in [-0.25, -0.2) is 9.18 Å². The quantitative estimate of drug-likeness (QED) is 0.499. The molecule has 0 radical (unpaired) electrons. The molecule has 2 amide bonds. The van der Waals surface area contributed by atoms with Gasteiger partial charge in [-0.15, -0.1) is 0 Å². The second-order valence-corrected chi connectivity index (χ2v) is 7.91. The first-order valence-corrected chi connectivity index (χ1v) is 10.5. The van der Waals surface area contributed by atoms with E-state index < -0.39 is 12.0 Å². The van der Waals surface area contributed by atoms with Gasteiger partial charge < -0.3 is 14.8 Å². The summed E-state index contributed by atoms with van der Waals surface area (Å²) in [7, 11) is 1.50. The van der Waals surface area contributed by atoms with Crippen molar-refractivity contribution in [1.82, 2.24) is 4.57 Å². The normalized spacial score (nSPS) is 10.6. The molecule has 0 atom stereocenters. The van der Waals surface area contributed by atoms with Crippen molar-refractivity contribution in [3.8, 4) is 11.3 Å². The van der Waals surface area contributed by atoms with Gasteiger partial charge in [0.1, 0.15) is 19.0 Å². The Kier molecular flexibility index (Phi) is 7.74. The first-order chi connectivity index (χ1) is 15.4. The van der Waals surface area contributed by atoms with Gasteiger partial charge >= 0.3 is 11.0 Å². The third-order valence-corrected chi connectivity index (χ3v) is 5.29. The van der Waals surface area contributed by atoms with Gasteiger partial charge in [-0.05, 0) is 55.0 Å². The van der Waals surface area contributed by atoms with Gasteiger partial charge in [-0.2, -0.15) is 0 Å². The lowest BCUT2D eigenvalue weighted by Crippen LogP contribution is -2.25. The number of carbonyl (C=O) groups excluding carboxylic acids is 2. The lowest BCUT2D eigenvalue weighted by Gasteiger charge is -2.11. The summed E-state index contributed by atoms with van der Waals surface area (Å²) in [5.74, 6) is -0.808. The van der Waals surface area contributed by atoms with Crippen LogP contribution in [0.3, 0.4) is 0 Å². The zero-order valence-electron chi connectivity index (χ0n) is 17.5. The van der Waals surface area contributed by atoms with Gasteiger partial charge in [-0.3, -0.25) is 19.5 Å². The summed E-state index contributed by atoms with van der Waals surface area (Å²) in [5.41, 5.74) is 2.09. The van der Waals surface area contributed by atoms with Crippen molar-refractivity contribution in [3.63, 3.8) is 0 Å². The number of nitrogens with one attached hydrogen (secondary N) is 2. The standard InChI is InChI=1S/C22H22FN3O5S/c1-14-20(15-6-8-16(23)9-7-15)26(22(29)32-14)13-19(27)24-17-4-3-5-18(12-17)25-21(28)31-11-10-30-2/h3-9,12H,10-11,13H2,1-2H3,(H,24,27)(H,25,28). The number of rotatable bonds is 8. The van der Waals surface area contributed by atoms with E-state index in [0.29, 0.717) is 22.6 Å². The Hall–Kier alpha value is -3.50. The maximum atomic E-state index is 13.3.